The number of carbonyl (C=O) groups excluding carboxylic acids is 1. The van der Waals surface area contributed by atoms with Gasteiger partial charge >= 0.3 is 0 Å². The highest BCUT2D eigenvalue weighted by Gasteiger charge is 2.25. The molecule has 98 valence electrons. The molecule has 0 aliphatic carbocycles. The molecule has 1 aliphatic rings. The molecule has 1 saturated heterocycles. The Labute approximate surface area is 109 Å². The zero-order valence-electron chi connectivity index (χ0n) is 11.1. The number of amides is 1. The van der Waals surface area contributed by atoms with Crippen LogP contribution in [-0.2, 0) is 11.2 Å². The molecule has 1 aromatic carbocycles. The van der Waals surface area contributed by atoms with Gasteiger partial charge in [0.25, 0.3) is 0 Å². The Morgan fingerprint density at radius 1 is 1.39 bits per heavy atom. The summed E-state index contributed by atoms with van der Waals surface area (Å²) in [5, 5.41) is 2.88. The van der Waals surface area contributed by atoms with E-state index in [1.165, 1.54) is 18.4 Å². The van der Waals surface area contributed by atoms with Crippen molar-refractivity contribution in [3.05, 3.63) is 35.9 Å². The van der Waals surface area contributed by atoms with Crippen LogP contribution in [0, 0.1) is 0 Å². The number of nitrogens with one attached hydrogen (secondary N) is 1. The van der Waals surface area contributed by atoms with E-state index in [1.807, 2.05) is 13.0 Å². The van der Waals surface area contributed by atoms with Crippen LogP contribution in [0.5, 0.6) is 0 Å². The van der Waals surface area contributed by atoms with Gasteiger partial charge in [0, 0.05) is 12.6 Å². The molecule has 0 saturated carbocycles. The maximum atomic E-state index is 11.6. The van der Waals surface area contributed by atoms with E-state index in [0.29, 0.717) is 12.6 Å². The van der Waals surface area contributed by atoms with E-state index in [4.69, 9.17) is 0 Å². The van der Waals surface area contributed by atoms with Gasteiger partial charge in [-0.1, -0.05) is 30.3 Å². The predicted molar refractivity (Wildman–Crippen MR) is 73.4 cm³/mol. The van der Waals surface area contributed by atoms with Crippen molar-refractivity contribution in [3.63, 3.8) is 0 Å². The molecule has 1 heterocycles. The van der Waals surface area contributed by atoms with Crippen molar-refractivity contribution in [1.82, 2.24) is 10.2 Å². The molecule has 1 unspecified atom stereocenters. The molecule has 0 radical (unpaired) electrons. The third-order valence-electron chi connectivity index (χ3n) is 3.53. The fourth-order valence-electron chi connectivity index (χ4n) is 2.66. The van der Waals surface area contributed by atoms with E-state index >= 15 is 0 Å². The zero-order chi connectivity index (χ0) is 12.8. The molecule has 0 bridgehead atoms. The average Bonchev–Trinajstić information content (AvgIpc) is 2.78. The number of likely N-dealkylation sites (tertiary alicyclic amines) is 1. The molecular formula is C15H22N2O. The lowest BCUT2D eigenvalue weighted by Crippen LogP contribution is -2.40. The summed E-state index contributed by atoms with van der Waals surface area (Å²) in [6.07, 6.45) is 3.46. The van der Waals surface area contributed by atoms with Crippen LogP contribution in [0.15, 0.2) is 30.3 Å². The summed E-state index contributed by atoms with van der Waals surface area (Å²) in [4.78, 5) is 14.0. The fourth-order valence-corrected chi connectivity index (χ4v) is 2.66. The number of carbonyl (C=O) groups is 1. The third-order valence-corrected chi connectivity index (χ3v) is 3.53. The van der Waals surface area contributed by atoms with Crippen molar-refractivity contribution in [1.29, 1.82) is 0 Å². The second kappa shape index (κ2) is 6.55. The summed E-state index contributed by atoms with van der Waals surface area (Å²) in [6.45, 7) is 4.28. The Bertz CT molecular complexity index is 377. The summed E-state index contributed by atoms with van der Waals surface area (Å²) in [5.41, 5.74) is 1.37. The van der Waals surface area contributed by atoms with E-state index in [0.717, 1.165) is 19.5 Å². The number of likely N-dealkylation sites (N-methyl/N-ethyl adjacent to an activating group) is 1. The van der Waals surface area contributed by atoms with Crippen LogP contribution in [0.1, 0.15) is 25.3 Å². The normalized spacial score (nSPS) is 19.9. The first-order valence-corrected chi connectivity index (χ1v) is 6.84. The summed E-state index contributed by atoms with van der Waals surface area (Å²) >= 11 is 0. The second-order valence-electron chi connectivity index (χ2n) is 4.91. The lowest BCUT2D eigenvalue weighted by atomic mass is 10.0. The topological polar surface area (TPSA) is 32.3 Å². The van der Waals surface area contributed by atoms with Gasteiger partial charge in [-0.05, 0) is 38.3 Å². The molecule has 1 N–H and O–H groups in total. The fraction of sp³-hybridized carbons (Fsp3) is 0.533. The van der Waals surface area contributed by atoms with E-state index < -0.39 is 0 Å². The number of hydrogen-bond donors (Lipinski definition) is 1. The first kappa shape index (κ1) is 13.1. The number of rotatable bonds is 5. The molecule has 1 aromatic rings. The van der Waals surface area contributed by atoms with Gasteiger partial charge in [-0.2, -0.15) is 0 Å². The predicted octanol–water partition coefficient (Wildman–Crippen LogP) is 1.83. The third kappa shape index (κ3) is 3.57. The number of nitrogens with zero attached hydrogens (tertiary/aromatic N) is 1. The highest BCUT2D eigenvalue weighted by Crippen LogP contribution is 2.20. The SMILES string of the molecule is CCNC(=O)CN1CCCC1Cc1ccccc1. The largest absolute Gasteiger partial charge is 0.355 e. The minimum atomic E-state index is 0.150. The van der Waals surface area contributed by atoms with Crippen LogP contribution in [0.4, 0.5) is 0 Å². The summed E-state index contributed by atoms with van der Waals surface area (Å²) < 4.78 is 0. The number of benzene rings is 1. The molecule has 0 aromatic heterocycles. The van der Waals surface area contributed by atoms with Gasteiger partial charge in [0.05, 0.1) is 6.54 Å². The van der Waals surface area contributed by atoms with Crippen LogP contribution in [0.2, 0.25) is 0 Å². The standard InChI is InChI=1S/C15H22N2O/c1-2-16-15(18)12-17-10-6-9-14(17)11-13-7-4-3-5-8-13/h3-5,7-8,14H,2,6,9-12H2,1H3,(H,16,18). The summed E-state index contributed by atoms with van der Waals surface area (Å²) in [6, 6.07) is 11.1. The van der Waals surface area contributed by atoms with Crippen LogP contribution < -0.4 is 5.32 Å². The van der Waals surface area contributed by atoms with Crippen LogP contribution in [-0.4, -0.2) is 36.5 Å². The molecule has 3 nitrogen and oxygen atoms in total. The van der Waals surface area contributed by atoms with E-state index in [9.17, 15) is 4.79 Å². The van der Waals surface area contributed by atoms with Crippen molar-refractivity contribution in [2.45, 2.75) is 32.2 Å². The Kier molecular flexibility index (Phi) is 4.76. The van der Waals surface area contributed by atoms with Crippen molar-refractivity contribution in [2.24, 2.45) is 0 Å². The first-order chi connectivity index (χ1) is 8.79. The van der Waals surface area contributed by atoms with Crippen molar-refractivity contribution in [3.8, 4) is 0 Å². The lowest BCUT2D eigenvalue weighted by molar-refractivity contribution is -0.122. The van der Waals surface area contributed by atoms with E-state index in [1.54, 1.807) is 0 Å². The van der Waals surface area contributed by atoms with Crippen LogP contribution in [0.3, 0.4) is 0 Å². The maximum absolute atomic E-state index is 11.6. The molecule has 1 amide bonds. The monoisotopic (exact) mass is 246 g/mol. The average molecular weight is 246 g/mol. The molecular weight excluding hydrogens is 224 g/mol. The number of hydrogen-bond acceptors (Lipinski definition) is 2. The van der Waals surface area contributed by atoms with Gasteiger partial charge in [-0.25, -0.2) is 0 Å². The van der Waals surface area contributed by atoms with E-state index in [-0.39, 0.29) is 5.91 Å². The van der Waals surface area contributed by atoms with E-state index in [2.05, 4.69) is 34.5 Å². The zero-order valence-corrected chi connectivity index (χ0v) is 11.1. The molecule has 18 heavy (non-hydrogen) atoms. The Morgan fingerprint density at radius 3 is 2.89 bits per heavy atom. The molecule has 1 atom stereocenters. The van der Waals surface area contributed by atoms with Gasteiger partial charge in [0.15, 0.2) is 0 Å². The van der Waals surface area contributed by atoms with Gasteiger partial charge in [-0.15, -0.1) is 0 Å². The minimum absolute atomic E-state index is 0.150. The molecule has 2 rings (SSSR count). The Balaban J connectivity index is 1.89. The highest BCUT2D eigenvalue weighted by molar-refractivity contribution is 5.78. The van der Waals surface area contributed by atoms with Gasteiger partial charge in [0.1, 0.15) is 0 Å². The van der Waals surface area contributed by atoms with Gasteiger partial charge in [0.2, 0.25) is 5.91 Å². The second-order valence-corrected chi connectivity index (χ2v) is 4.91. The maximum Gasteiger partial charge on any atom is 0.234 e. The van der Waals surface area contributed by atoms with Gasteiger partial charge < -0.3 is 5.32 Å². The van der Waals surface area contributed by atoms with Gasteiger partial charge in [-0.3, -0.25) is 9.69 Å². The Morgan fingerprint density at radius 2 is 2.17 bits per heavy atom. The lowest BCUT2D eigenvalue weighted by Gasteiger charge is -2.23. The molecule has 0 spiro atoms. The smallest absolute Gasteiger partial charge is 0.234 e. The quantitative estimate of drug-likeness (QED) is 0.859. The van der Waals surface area contributed by atoms with Crippen LogP contribution >= 0.6 is 0 Å². The molecule has 3 heteroatoms. The first-order valence-electron chi connectivity index (χ1n) is 6.84. The van der Waals surface area contributed by atoms with Crippen molar-refractivity contribution in [2.75, 3.05) is 19.6 Å². The highest BCUT2D eigenvalue weighted by atomic mass is 16.2. The molecule has 1 aliphatic heterocycles. The van der Waals surface area contributed by atoms with Crippen LogP contribution in [0.25, 0.3) is 0 Å². The minimum Gasteiger partial charge on any atom is -0.355 e. The summed E-state index contributed by atoms with van der Waals surface area (Å²) in [5.74, 6) is 0.150. The van der Waals surface area contributed by atoms with Crippen molar-refractivity contribution < 1.29 is 4.79 Å². The Hall–Kier alpha value is -1.35. The summed E-state index contributed by atoms with van der Waals surface area (Å²) in [7, 11) is 0. The molecule has 1 fully saturated rings. The van der Waals surface area contributed by atoms with Crippen molar-refractivity contribution >= 4 is 5.91 Å².